The Morgan fingerprint density at radius 3 is 2.73 bits per heavy atom. The quantitative estimate of drug-likeness (QED) is 0.570. The molecule has 1 saturated heterocycles. The third-order valence-electron chi connectivity index (χ3n) is 5.73. The van der Waals surface area contributed by atoms with E-state index in [0.29, 0.717) is 41.6 Å². The number of likely N-dealkylation sites (tertiary alicyclic amines) is 1. The minimum atomic E-state index is -0.824. The highest BCUT2D eigenvalue weighted by Gasteiger charge is 2.30. The minimum Gasteiger partial charge on any atom is -0.481 e. The lowest BCUT2D eigenvalue weighted by Gasteiger charge is -2.32. The summed E-state index contributed by atoms with van der Waals surface area (Å²) in [4.78, 5) is 38.1. The van der Waals surface area contributed by atoms with Crippen LogP contribution < -0.4 is 16.1 Å². The Morgan fingerprint density at radius 1 is 1.21 bits per heavy atom. The first-order chi connectivity index (χ1) is 15.7. The fraction of sp³-hybridized carbons (Fsp3) is 0.292. The summed E-state index contributed by atoms with van der Waals surface area (Å²) in [6.07, 6.45) is 0.538. The number of nitrogens with zero attached hydrogens (tertiary/aromatic N) is 1. The smallest absolute Gasteiger partial charge is 0.336 e. The lowest BCUT2D eigenvalue weighted by molar-refractivity contribution is -0.141. The number of piperidine rings is 1. The van der Waals surface area contributed by atoms with E-state index in [-0.39, 0.29) is 29.0 Å². The van der Waals surface area contributed by atoms with Gasteiger partial charge in [0.1, 0.15) is 17.1 Å². The zero-order chi connectivity index (χ0) is 23.7. The maximum Gasteiger partial charge on any atom is 0.336 e. The molecule has 172 valence electrons. The first-order valence-electron chi connectivity index (χ1n) is 10.5. The molecule has 1 aliphatic heterocycles. The van der Waals surface area contributed by atoms with E-state index in [1.807, 2.05) is 0 Å². The summed E-state index contributed by atoms with van der Waals surface area (Å²) in [5, 5.41) is 0.743. The number of amides is 2. The van der Waals surface area contributed by atoms with Crippen LogP contribution >= 0.6 is 11.6 Å². The summed E-state index contributed by atoms with van der Waals surface area (Å²) in [6, 6.07) is 10.1. The Bertz CT molecular complexity index is 1290. The molecule has 2 heterocycles. The van der Waals surface area contributed by atoms with Crippen molar-refractivity contribution in [1.82, 2.24) is 4.90 Å². The summed E-state index contributed by atoms with van der Waals surface area (Å²) in [5.74, 6) is -1.18. The van der Waals surface area contributed by atoms with E-state index in [9.17, 15) is 18.8 Å². The molecule has 2 aromatic carbocycles. The van der Waals surface area contributed by atoms with Crippen molar-refractivity contribution in [3.63, 3.8) is 0 Å². The van der Waals surface area contributed by atoms with Gasteiger partial charge in [0.15, 0.2) is 6.10 Å². The molecule has 0 bridgehead atoms. The average Bonchev–Trinajstić information content (AvgIpc) is 2.78. The number of carbonyl (C=O) groups excluding carboxylic acids is 2. The van der Waals surface area contributed by atoms with Crippen molar-refractivity contribution in [2.45, 2.75) is 25.9 Å². The molecule has 33 heavy (non-hydrogen) atoms. The lowest BCUT2D eigenvalue weighted by atomic mass is 9.97. The van der Waals surface area contributed by atoms with Crippen LogP contribution in [0, 0.1) is 11.7 Å². The highest BCUT2D eigenvalue weighted by molar-refractivity contribution is 6.33. The van der Waals surface area contributed by atoms with Gasteiger partial charge in [-0.2, -0.15) is 0 Å². The third-order valence-corrected chi connectivity index (χ3v) is 6.05. The third kappa shape index (κ3) is 4.85. The van der Waals surface area contributed by atoms with Gasteiger partial charge in [0.05, 0.1) is 10.9 Å². The molecule has 1 aromatic heterocycles. The summed E-state index contributed by atoms with van der Waals surface area (Å²) in [7, 11) is 0. The van der Waals surface area contributed by atoms with Crippen LogP contribution in [0.15, 0.2) is 51.7 Å². The van der Waals surface area contributed by atoms with Gasteiger partial charge in [0.2, 0.25) is 5.91 Å². The average molecular weight is 473 g/mol. The zero-order valence-electron chi connectivity index (χ0n) is 17.8. The second kappa shape index (κ2) is 9.23. The maximum absolute atomic E-state index is 13.5. The SMILES string of the molecule is C[C@@H](Oc1ccc2c(-c3ccc(F)cc3Cl)cc(=O)oc2c1)C(=O)N1CCCC(C(N)=O)C1. The zero-order valence-corrected chi connectivity index (χ0v) is 18.6. The van der Waals surface area contributed by atoms with Gasteiger partial charge in [-0.05, 0) is 50.1 Å². The molecule has 1 aliphatic rings. The van der Waals surface area contributed by atoms with Crippen LogP contribution in [0.25, 0.3) is 22.1 Å². The lowest BCUT2D eigenvalue weighted by Crippen LogP contribution is -2.48. The fourth-order valence-electron chi connectivity index (χ4n) is 4.07. The monoisotopic (exact) mass is 472 g/mol. The number of rotatable bonds is 5. The number of fused-ring (bicyclic) bond motifs is 1. The second-order valence-corrected chi connectivity index (χ2v) is 8.45. The molecule has 0 radical (unpaired) electrons. The number of carbonyl (C=O) groups is 2. The molecular formula is C24H22ClFN2O5. The van der Waals surface area contributed by atoms with Gasteiger partial charge in [-0.1, -0.05) is 11.6 Å². The van der Waals surface area contributed by atoms with Crippen LogP contribution in [0.3, 0.4) is 0 Å². The summed E-state index contributed by atoms with van der Waals surface area (Å²) >= 11 is 6.19. The molecule has 0 spiro atoms. The molecule has 0 saturated carbocycles. The van der Waals surface area contributed by atoms with Crippen molar-refractivity contribution in [3.05, 3.63) is 63.7 Å². The summed E-state index contributed by atoms with van der Waals surface area (Å²) in [6.45, 7) is 2.42. The minimum absolute atomic E-state index is 0.164. The highest BCUT2D eigenvalue weighted by atomic mass is 35.5. The summed E-state index contributed by atoms with van der Waals surface area (Å²) in [5.41, 5.74) is 6.01. The first kappa shape index (κ1) is 22.8. The van der Waals surface area contributed by atoms with Crippen LogP contribution in [-0.2, 0) is 9.59 Å². The first-order valence-corrected chi connectivity index (χ1v) is 10.9. The van der Waals surface area contributed by atoms with Crippen molar-refractivity contribution in [1.29, 1.82) is 0 Å². The largest absolute Gasteiger partial charge is 0.481 e. The van der Waals surface area contributed by atoms with Gasteiger partial charge >= 0.3 is 5.63 Å². The fourth-order valence-corrected chi connectivity index (χ4v) is 4.34. The molecule has 1 fully saturated rings. The number of hydrogen-bond donors (Lipinski definition) is 1. The van der Waals surface area contributed by atoms with Crippen LogP contribution in [-0.4, -0.2) is 35.9 Å². The van der Waals surface area contributed by atoms with Gasteiger partial charge in [0, 0.05) is 41.7 Å². The van der Waals surface area contributed by atoms with E-state index < -0.39 is 23.5 Å². The van der Waals surface area contributed by atoms with Crippen molar-refractivity contribution in [3.8, 4) is 16.9 Å². The summed E-state index contributed by atoms with van der Waals surface area (Å²) < 4.78 is 24.6. The highest BCUT2D eigenvalue weighted by Crippen LogP contribution is 2.34. The van der Waals surface area contributed by atoms with Gasteiger partial charge < -0.3 is 19.8 Å². The van der Waals surface area contributed by atoms with Crippen LogP contribution in [0.4, 0.5) is 4.39 Å². The second-order valence-electron chi connectivity index (χ2n) is 8.05. The normalized spacial score (nSPS) is 17.1. The van der Waals surface area contributed by atoms with Gasteiger partial charge in [-0.15, -0.1) is 0 Å². The van der Waals surface area contributed by atoms with Crippen LogP contribution in [0.5, 0.6) is 5.75 Å². The van der Waals surface area contributed by atoms with Crippen molar-refractivity contribution < 1.29 is 23.1 Å². The standard InChI is InChI=1S/C24H22ClFN2O5/c1-13(24(31)28-8-2-3-14(12-28)23(27)30)32-16-5-7-18-19(11-22(29)33-21(18)10-16)17-6-4-15(26)9-20(17)25/h4-7,9-11,13-14H,2-3,8,12H2,1H3,(H2,27,30)/t13-,14?/m1/s1. The molecule has 0 aliphatic carbocycles. The van der Waals surface area contributed by atoms with Crippen molar-refractivity contribution in [2.24, 2.45) is 11.7 Å². The molecule has 1 unspecified atom stereocenters. The Morgan fingerprint density at radius 2 is 2.00 bits per heavy atom. The van der Waals surface area contributed by atoms with E-state index in [1.165, 1.54) is 30.3 Å². The van der Waals surface area contributed by atoms with Gasteiger partial charge in [0.25, 0.3) is 5.91 Å². The number of ether oxygens (including phenoxy) is 1. The maximum atomic E-state index is 13.5. The number of primary amides is 1. The van der Waals surface area contributed by atoms with Crippen molar-refractivity contribution in [2.75, 3.05) is 13.1 Å². The Kier molecular flexibility index (Phi) is 6.37. The van der Waals surface area contributed by atoms with E-state index in [0.717, 1.165) is 0 Å². The molecule has 2 amide bonds. The Hall–Kier alpha value is -3.39. The van der Waals surface area contributed by atoms with E-state index in [2.05, 4.69) is 0 Å². The number of benzene rings is 2. The van der Waals surface area contributed by atoms with Crippen LogP contribution in [0.1, 0.15) is 19.8 Å². The Labute approximate surface area is 193 Å². The number of halogens is 2. The van der Waals surface area contributed by atoms with E-state index in [4.69, 9.17) is 26.5 Å². The topological polar surface area (TPSA) is 103 Å². The van der Waals surface area contributed by atoms with Gasteiger partial charge in [-0.3, -0.25) is 9.59 Å². The molecule has 4 rings (SSSR count). The van der Waals surface area contributed by atoms with E-state index in [1.54, 1.807) is 24.0 Å². The van der Waals surface area contributed by atoms with Gasteiger partial charge in [-0.25, -0.2) is 9.18 Å². The molecule has 3 aromatic rings. The van der Waals surface area contributed by atoms with E-state index >= 15 is 0 Å². The molecule has 2 atom stereocenters. The predicted octanol–water partition coefficient (Wildman–Crippen LogP) is 3.74. The van der Waals surface area contributed by atoms with Crippen LogP contribution in [0.2, 0.25) is 5.02 Å². The number of nitrogens with two attached hydrogens (primary N) is 1. The molecule has 2 N–H and O–H groups in total. The Balaban J connectivity index is 1.59. The molecule has 9 heteroatoms. The molecule has 7 nitrogen and oxygen atoms in total. The number of hydrogen-bond acceptors (Lipinski definition) is 5. The van der Waals surface area contributed by atoms with Crippen molar-refractivity contribution >= 4 is 34.4 Å². The molecular weight excluding hydrogens is 451 g/mol. The predicted molar refractivity (Wildman–Crippen MR) is 121 cm³/mol.